The molecule has 0 amide bonds. The Balaban J connectivity index is -0.000000229. The van der Waals surface area contributed by atoms with Crippen LogP contribution < -0.4 is 11.1 Å². The minimum atomic E-state index is -0.833. The van der Waals surface area contributed by atoms with Crippen LogP contribution in [0, 0.1) is 0 Å². The maximum atomic E-state index is 9.00. The maximum absolute atomic E-state index is 9.00. The zero-order chi connectivity index (χ0) is 24.0. The monoisotopic (exact) mass is 436 g/mol. The summed E-state index contributed by atoms with van der Waals surface area (Å²) in [5.74, 6) is -2.50. The quantitative estimate of drug-likeness (QED) is 0.235. The molecule has 0 saturated carbocycles. The second kappa shape index (κ2) is 34.8. The van der Waals surface area contributed by atoms with E-state index in [1.807, 2.05) is 0 Å². The zero-order valence-electron chi connectivity index (χ0n) is 19.8. The van der Waals surface area contributed by atoms with Crippen molar-refractivity contribution in [3.8, 4) is 0 Å². The number of hydrogen-bond donors (Lipinski definition) is 5. The molecule has 8 nitrogen and oxygen atoms in total. The van der Waals surface area contributed by atoms with Crippen molar-refractivity contribution in [2.45, 2.75) is 105 Å². The highest BCUT2D eigenvalue weighted by molar-refractivity contribution is 5.63. The Morgan fingerprint density at radius 3 is 1.13 bits per heavy atom. The minimum Gasteiger partial charge on any atom is -0.481 e. The lowest BCUT2D eigenvalue weighted by Crippen LogP contribution is -2.23. The highest BCUT2D eigenvalue weighted by Crippen LogP contribution is 2.11. The normalized spacial score (nSPS) is 9.10. The first-order valence-corrected chi connectivity index (χ1v) is 11.1. The lowest BCUT2D eigenvalue weighted by Gasteiger charge is -2.04. The van der Waals surface area contributed by atoms with E-state index in [4.69, 9.17) is 35.4 Å². The first-order chi connectivity index (χ1) is 14.1. The molecule has 0 aliphatic carbocycles. The number of nitrogens with one attached hydrogen (secondary N) is 1. The van der Waals surface area contributed by atoms with Crippen molar-refractivity contribution in [1.82, 2.24) is 5.32 Å². The summed E-state index contributed by atoms with van der Waals surface area (Å²) in [5.41, 5.74) is 5.41. The molecule has 0 spiro atoms. The molecule has 0 rings (SSSR count). The van der Waals surface area contributed by atoms with E-state index in [0.29, 0.717) is 0 Å². The molecule has 0 atom stereocenters. The molecule has 0 aromatic rings. The van der Waals surface area contributed by atoms with Crippen molar-refractivity contribution in [3.05, 3.63) is 0 Å². The van der Waals surface area contributed by atoms with Crippen LogP contribution in [0.3, 0.4) is 0 Å². The molecule has 0 fully saturated rings. The smallest absolute Gasteiger partial charge is 0.300 e. The third-order valence-corrected chi connectivity index (χ3v) is 3.53. The summed E-state index contributed by atoms with van der Waals surface area (Å²) in [6.45, 7) is 8.41. The minimum absolute atomic E-state index is 0.762. The average Bonchev–Trinajstić information content (AvgIpc) is 2.61. The van der Waals surface area contributed by atoms with E-state index in [2.05, 4.69) is 12.2 Å². The zero-order valence-corrected chi connectivity index (χ0v) is 19.8. The standard InChI is InChI=1S/C16H36N2.3C2H4O2/c1-2-3-4-5-6-7-8-9-10-11-12-13-15-18-16-14-17;3*1-2(3)4/h18H,2-17H2,1H3;3*1H3,(H,3,4). The number of unbranched alkanes of at least 4 members (excludes halogenated alkanes) is 11. The van der Waals surface area contributed by atoms with Gasteiger partial charge in [0.1, 0.15) is 0 Å². The third-order valence-electron chi connectivity index (χ3n) is 3.53. The van der Waals surface area contributed by atoms with Gasteiger partial charge in [-0.3, -0.25) is 14.4 Å². The Kier molecular flexibility index (Phi) is 41.5. The number of hydrogen-bond acceptors (Lipinski definition) is 5. The Labute approximate surface area is 183 Å². The highest BCUT2D eigenvalue weighted by Gasteiger charge is 1.93. The highest BCUT2D eigenvalue weighted by atomic mass is 16.4. The van der Waals surface area contributed by atoms with Gasteiger partial charge in [0, 0.05) is 33.9 Å². The molecule has 0 saturated heterocycles. The molecular weight excluding hydrogens is 388 g/mol. The molecule has 0 aliphatic heterocycles. The molecule has 30 heavy (non-hydrogen) atoms. The molecule has 0 aromatic carbocycles. The van der Waals surface area contributed by atoms with Crippen molar-refractivity contribution in [1.29, 1.82) is 0 Å². The van der Waals surface area contributed by atoms with Crippen LogP contribution in [0.5, 0.6) is 0 Å². The van der Waals surface area contributed by atoms with Gasteiger partial charge in [-0.1, -0.05) is 77.6 Å². The van der Waals surface area contributed by atoms with Crippen LogP contribution in [-0.4, -0.2) is 52.9 Å². The molecule has 8 heteroatoms. The summed E-state index contributed by atoms with van der Waals surface area (Å²) >= 11 is 0. The van der Waals surface area contributed by atoms with Gasteiger partial charge in [-0.2, -0.15) is 0 Å². The van der Waals surface area contributed by atoms with E-state index in [-0.39, 0.29) is 0 Å². The number of carboxylic acid groups (broad SMARTS) is 3. The van der Waals surface area contributed by atoms with Gasteiger partial charge >= 0.3 is 0 Å². The molecule has 0 bridgehead atoms. The lowest BCUT2D eigenvalue weighted by molar-refractivity contribution is -0.135. The maximum Gasteiger partial charge on any atom is 0.300 e. The van der Waals surface area contributed by atoms with Crippen molar-refractivity contribution in [2.24, 2.45) is 5.73 Å². The van der Waals surface area contributed by atoms with E-state index in [0.717, 1.165) is 40.4 Å². The molecule has 0 aliphatic rings. The predicted molar refractivity (Wildman–Crippen MR) is 123 cm³/mol. The largest absolute Gasteiger partial charge is 0.481 e. The summed E-state index contributed by atoms with van der Waals surface area (Å²) < 4.78 is 0. The Bertz CT molecular complexity index is 309. The summed E-state index contributed by atoms with van der Waals surface area (Å²) in [6, 6.07) is 0. The van der Waals surface area contributed by atoms with Crippen LogP contribution in [0.1, 0.15) is 105 Å². The molecule has 6 N–H and O–H groups in total. The topological polar surface area (TPSA) is 150 Å². The van der Waals surface area contributed by atoms with E-state index in [1.54, 1.807) is 0 Å². The van der Waals surface area contributed by atoms with E-state index in [1.165, 1.54) is 77.0 Å². The first-order valence-electron chi connectivity index (χ1n) is 11.1. The van der Waals surface area contributed by atoms with E-state index < -0.39 is 17.9 Å². The summed E-state index contributed by atoms with van der Waals surface area (Å²) in [7, 11) is 0. The van der Waals surface area contributed by atoms with Gasteiger partial charge < -0.3 is 26.4 Å². The van der Waals surface area contributed by atoms with Gasteiger partial charge in [-0.25, -0.2) is 0 Å². The number of carbonyl (C=O) groups is 3. The summed E-state index contributed by atoms with van der Waals surface area (Å²) in [4.78, 5) is 27.0. The first kappa shape index (κ1) is 35.7. The van der Waals surface area contributed by atoms with Crippen LogP contribution in [0.15, 0.2) is 0 Å². The van der Waals surface area contributed by atoms with Crippen LogP contribution in [-0.2, 0) is 14.4 Å². The van der Waals surface area contributed by atoms with Crippen LogP contribution in [0.25, 0.3) is 0 Å². The molecule has 0 aromatic heterocycles. The number of aliphatic carboxylic acids is 3. The SMILES string of the molecule is CC(=O)O.CC(=O)O.CC(=O)O.CCCCCCCCCCCCCCNCCN. The Hall–Kier alpha value is -1.67. The van der Waals surface area contributed by atoms with Crippen molar-refractivity contribution >= 4 is 17.9 Å². The second-order valence-electron chi connectivity index (χ2n) is 6.98. The third kappa shape index (κ3) is 95.1. The van der Waals surface area contributed by atoms with Crippen molar-refractivity contribution in [3.63, 3.8) is 0 Å². The fraction of sp³-hybridized carbons (Fsp3) is 0.864. The van der Waals surface area contributed by atoms with E-state index >= 15 is 0 Å². The number of nitrogens with two attached hydrogens (primary N) is 1. The van der Waals surface area contributed by atoms with Crippen LogP contribution in [0.4, 0.5) is 0 Å². The molecule has 0 radical (unpaired) electrons. The lowest BCUT2D eigenvalue weighted by atomic mass is 10.1. The van der Waals surface area contributed by atoms with Crippen molar-refractivity contribution < 1.29 is 29.7 Å². The Morgan fingerprint density at radius 2 is 0.867 bits per heavy atom. The van der Waals surface area contributed by atoms with Gasteiger partial charge in [0.05, 0.1) is 0 Å². The summed E-state index contributed by atoms with van der Waals surface area (Å²) in [6.07, 6.45) is 17.1. The Morgan fingerprint density at radius 1 is 0.600 bits per heavy atom. The molecule has 182 valence electrons. The fourth-order valence-corrected chi connectivity index (χ4v) is 2.32. The predicted octanol–water partition coefficient (Wildman–Crippen LogP) is 4.51. The second-order valence-corrected chi connectivity index (χ2v) is 6.98. The number of rotatable bonds is 15. The van der Waals surface area contributed by atoms with Crippen LogP contribution in [0.2, 0.25) is 0 Å². The molecule has 0 heterocycles. The van der Waals surface area contributed by atoms with Gasteiger partial charge in [0.2, 0.25) is 0 Å². The van der Waals surface area contributed by atoms with Gasteiger partial charge in [0.25, 0.3) is 17.9 Å². The molecular formula is C22H48N2O6. The molecule has 0 unspecified atom stereocenters. The number of carboxylic acids is 3. The van der Waals surface area contributed by atoms with Crippen LogP contribution >= 0.6 is 0 Å². The van der Waals surface area contributed by atoms with Gasteiger partial charge in [0.15, 0.2) is 0 Å². The summed E-state index contributed by atoms with van der Waals surface area (Å²) in [5, 5.41) is 25.6. The fourth-order valence-electron chi connectivity index (χ4n) is 2.32. The van der Waals surface area contributed by atoms with Gasteiger partial charge in [-0.15, -0.1) is 0 Å². The van der Waals surface area contributed by atoms with Crippen molar-refractivity contribution in [2.75, 3.05) is 19.6 Å². The van der Waals surface area contributed by atoms with E-state index in [9.17, 15) is 0 Å². The van der Waals surface area contributed by atoms with Gasteiger partial charge in [-0.05, 0) is 13.0 Å². The average molecular weight is 437 g/mol.